The highest BCUT2D eigenvalue weighted by Crippen LogP contribution is 2.29. The summed E-state index contributed by atoms with van der Waals surface area (Å²) in [7, 11) is 1.70. The van der Waals surface area contributed by atoms with E-state index in [2.05, 4.69) is 16.7 Å². The van der Waals surface area contributed by atoms with Gasteiger partial charge in [0, 0.05) is 18.3 Å². The van der Waals surface area contributed by atoms with Gasteiger partial charge in [-0.1, -0.05) is 12.1 Å². The summed E-state index contributed by atoms with van der Waals surface area (Å²) in [6.07, 6.45) is 0. The summed E-state index contributed by atoms with van der Waals surface area (Å²) >= 11 is 0. The van der Waals surface area contributed by atoms with E-state index in [0.29, 0.717) is 5.69 Å². The third-order valence-corrected chi connectivity index (χ3v) is 1.90. The van der Waals surface area contributed by atoms with Gasteiger partial charge in [-0.2, -0.15) is 0 Å². The average Bonchev–Trinajstić information content (AvgIpc) is 2.16. The average molecular weight is 176 g/mol. The van der Waals surface area contributed by atoms with Gasteiger partial charge in [0.15, 0.2) is 0 Å². The van der Waals surface area contributed by atoms with E-state index in [1.54, 1.807) is 19.2 Å². The van der Waals surface area contributed by atoms with Crippen molar-refractivity contribution in [2.45, 2.75) is 6.92 Å². The van der Waals surface area contributed by atoms with Gasteiger partial charge >= 0.3 is 0 Å². The first-order valence-electron chi connectivity index (χ1n) is 3.93. The third-order valence-electron chi connectivity index (χ3n) is 1.90. The number of aromatic hydroxyl groups is 1. The molecule has 0 aliphatic carbocycles. The highest BCUT2D eigenvalue weighted by atomic mass is 16.3. The summed E-state index contributed by atoms with van der Waals surface area (Å²) in [6.45, 7) is 5.27. The van der Waals surface area contributed by atoms with Gasteiger partial charge in [-0.3, -0.25) is 9.98 Å². The van der Waals surface area contributed by atoms with Crippen molar-refractivity contribution < 1.29 is 5.11 Å². The molecule has 0 heterocycles. The maximum absolute atomic E-state index is 9.45. The van der Waals surface area contributed by atoms with E-state index in [1.165, 1.54) is 0 Å². The van der Waals surface area contributed by atoms with Crippen LogP contribution in [0.25, 0.3) is 0 Å². The van der Waals surface area contributed by atoms with Crippen LogP contribution < -0.4 is 0 Å². The largest absolute Gasteiger partial charge is 0.506 e. The lowest BCUT2D eigenvalue weighted by atomic mass is 10.1. The fraction of sp³-hybridized carbons (Fsp3) is 0.200. The molecule has 0 unspecified atom stereocenters. The van der Waals surface area contributed by atoms with E-state index < -0.39 is 0 Å². The quantitative estimate of drug-likeness (QED) is 0.689. The van der Waals surface area contributed by atoms with Crippen LogP contribution in [0.15, 0.2) is 28.2 Å². The molecule has 0 spiro atoms. The number of hydrogen-bond donors (Lipinski definition) is 1. The van der Waals surface area contributed by atoms with Crippen LogP contribution in [0.4, 0.5) is 5.69 Å². The zero-order valence-corrected chi connectivity index (χ0v) is 7.78. The zero-order chi connectivity index (χ0) is 9.84. The maximum Gasteiger partial charge on any atom is 0.141 e. The van der Waals surface area contributed by atoms with Crippen molar-refractivity contribution >= 4 is 18.1 Å². The lowest BCUT2D eigenvalue weighted by Gasteiger charge is -2.05. The highest BCUT2D eigenvalue weighted by molar-refractivity contribution is 6.04. The van der Waals surface area contributed by atoms with Crippen molar-refractivity contribution in [1.29, 1.82) is 0 Å². The molecule has 1 rings (SSSR count). The van der Waals surface area contributed by atoms with Crippen LogP contribution in [0.1, 0.15) is 12.5 Å². The minimum Gasteiger partial charge on any atom is -0.506 e. The summed E-state index contributed by atoms with van der Waals surface area (Å²) < 4.78 is 0. The number of phenols is 1. The van der Waals surface area contributed by atoms with E-state index in [0.717, 1.165) is 11.3 Å². The van der Waals surface area contributed by atoms with E-state index in [4.69, 9.17) is 0 Å². The van der Waals surface area contributed by atoms with Crippen molar-refractivity contribution in [3.63, 3.8) is 0 Å². The fourth-order valence-corrected chi connectivity index (χ4v) is 1.11. The summed E-state index contributed by atoms with van der Waals surface area (Å²) in [4.78, 5) is 7.78. The molecule has 0 saturated heterocycles. The number of para-hydroxylation sites is 1. The summed E-state index contributed by atoms with van der Waals surface area (Å²) in [5.74, 6) is 0.135. The Morgan fingerprint density at radius 1 is 1.46 bits per heavy atom. The Hall–Kier alpha value is -1.64. The monoisotopic (exact) mass is 176 g/mol. The van der Waals surface area contributed by atoms with Gasteiger partial charge in [-0.05, 0) is 19.7 Å². The Morgan fingerprint density at radius 2 is 2.15 bits per heavy atom. The second-order valence-electron chi connectivity index (χ2n) is 2.64. The molecule has 1 aromatic rings. The molecule has 0 bridgehead atoms. The Labute approximate surface area is 77.5 Å². The second kappa shape index (κ2) is 3.85. The first kappa shape index (κ1) is 9.45. The van der Waals surface area contributed by atoms with E-state index >= 15 is 0 Å². The molecule has 0 aliphatic heterocycles. The molecule has 13 heavy (non-hydrogen) atoms. The van der Waals surface area contributed by atoms with Crippen LogP contribution in [0.2, 0.25) is 0 Å². The number of aliphatic imine (C=N–C) groups is 2. The first-order chi connectivity index (χ1) is 6.20. The number of phenolic OH excluding ortho intramolecular Hbond substituents is 1. The Balaban J connectivity index is 3.36. The minimum absolute atomic E-state index is 0.135. The van der Waals surface area contributed by atoms with Crippen LogP contribution in [-0.2, 0) is 0 Å². The van der Waals surface area contributed by atoms with E-state index in [1.807, 2.05) is 13.0 Å². The standard InChI is InChI=1S/C10H12N2O/c1-7(11-2)8-5-4-6-9(13)10(8)12-3/h4-6,13H,3H2,1-2H3. The van der Waals surface area contributed by atoms with Crippen molar-refractivity contribution in [1.82, 2.24) is 0 Å². The van der Waals surface area contributed by atoms with Gasteiger partial charge in [-0.15, -0.1) is 0 Å². The molecule has 0 amide bonds. The molecular formula is C10H12N2O. The number of benzene rings is 1. The van der Waals surface area contributed by atoms with Crippen molar-refractivity contribution in [2.24, 2.45) is 9.98 Å². The molecule has 0 radical (unpaired) electrons. The summed E-state index contributed by atoms with van der Waals surface area (Å²) in [6, 6.07) is 5.19. The van der Waals surface area contributed by atoms with Gasteiger partial charge in [0.2, 0.25) is 0 Å². The smallest absolute Gasteiger partial charge is 0.141 e. The molecule has 3 nitrogen and oxygen atoms in total. The minimum atomic E-state index is 0.135. The van der Waals surface area contributed by atoms with Gasteiger partial charge < -0.3 is 5.11 Å². The molecule has 1 aromatic carbocycles. The zero-order valence-electron chi connectivity index (χ0n) is 7.78. The van der Waals surface area contributed by atoms with Crippen LogP contribution in [0.5, 0.6) is 5.75 Å². The van der Waals surface area contributed by atoms with Crippen LogP contribution in [-0.4, -0.2) is 24.6 Å². The Kier molecular flexibility index (Phi) is 2.80. The summed E-state index contributed by atoms with van der Waals surface area (Å²) in [5.41, 5.74) is 2.14. The SMILES string of the molecule is C=Nc1c(O)cccc1C(C)=NC. The van der Waals surface area contributed by atoms with Gasteiger partial charge in [0.1, 0.15) is 11.4 Å². The molecule has 0 fully saturated rings. The molecule has 0 saturated carbocycles. The van der Waals surface area contributed by atoms with Crippen LogP contribution in [0.3, 0.4) is 0 Å². The Morgan fingerprint density at radius 3 is 2.69 bits per heavy atom. The van der Waals surface area contributed by atoms with Crippen molar-refractivity contribution in [3.05, 3.63) is 23.8 Å². The number of nitrogens with zero attached hydrogens (tertiary/aromatic N) is 2. The molecule has 68 valence electrons. The van der Waals surface area contributed by atoms with Crippen LogP contribution in [0, 0.1) is 0 Å². The van der Waals surface area contributed by atoms with Gasteiger partial charge in [0.25, 0.3) is 0 Å². The molecule has 3 heteroatoms. The number of hydrogen-bond acceptors (Lipinski definition) is 3. The van der Waals surface area contributed by atoms with Gasteiger partial charge in [-0.25, -0.2) is 0 Å². The third kappa shape index (κ3) is 1.75. The maximum atomic E-state index is 9.45. The molecular weight excluding hydrogens is 164 g/mol. The lowest BCUT2D eigenvalue weighted by Crippen LogP contribution is -1.94. The lowest BCUT2D eigenvalue weighted by molar-refractivity contribution is 0.477. The Bertz CT molecular complexity index is 356. The highest BCUT2D eigenvalue weighted by Gasteiger charge is 2.06. The predicted molar refractivity (Wildman–Crippen MR) is 55.5 cm³/mol. The van der Waals surface area contributed by atoms with E-state index in [9.17, 15) is 5.11 Å². The second-order valence-corrected chi connectivity index (χ2v) is 2.64. The van der Waals surface area contributed by atoms with Crippen LogP contribution >= 0.6 is 0 Å². The van der Waals surface area contributed by atoms with E-state index in [-0.39, 0.29) is 5.75 Å². The first-order valence-corrected chi connectivity index (χ1v) is 3.93. The normalized spacial score (nSPS) is 11.4. The molecule has 0 aromatic heterocycles. The molecule has 0 aliphatic rings. The fourth-order valence-electron chi connectivity index (χ4n) is 1.11. The molecule has 1 N–H and O–H groups in total. The van der Waals surface area contributed by atoms with Gasteiger partial charge in [0.05, 0.1) is 0 Å². The predicted octanol–water partition coefficient (Wildman–Crippen LogP) is 2.16. The molecule has 0 atom stereocenters. The van der Waals surface area contributed by atoms with Crippen molar-refractivity contribution in [2.75, 3.05) is 7.05 Å². The van der Waals surface area contributed by atoms with Crippen molar-refractivity contribution in [3.8, 4) is 5.75 Å². The topological polar surface area (TPSA) is 45.0 Å². The summed E-state index contributed by atoms with van der Waals surface area (Å²) in [5, 5.41) is 9.45. The number of rotatable bonds is 2.